The fraction of sp³-hybridized carbons (Fsp3) is 0.476. The van der Waals surface area contributed by atoms with Gasteiger partial charge in [-0.05, 0) is 48.4 Å². The smallest absolute Gasteiger partial charge is 0.406 e. The van der Waals surface area contributed by atoms with E-state index < -0.39 is 6.36 Å². The summed E-state index contributed by atoms with van der Waals surface area (Å²) in [5.41, 5.74) is 1.85. The van der Waals surface area contributed by atoms with Crippen LogP contribution in [0.4, 0.5) is 19.1 Å². The minimum Gasteiger partial charge on any atom is -0.406 e. The van der Waals surface area contributed by atoms with Gasteiger partial charge in [0.05, 0.1) is 18.2 Å². The van der Waals surface area contributed by atoms with Gasteiger partial charge in [0.15, 0.2) is 0 Å². The molecule has 0 bridgehead atoms. The van der Waals surface area contributed by atoms with Gasteiger partial charge in [-0.1, -0.05) is 6.07 Å². The van der Waals surface area contributed by atoms with Gasteiger partial charge in [0.2, 0.25) is 5.95 Å². The van der Waals surface area contributed by atoms with Gasteiger partial charge >= 0.3 is 6.36 Å². The van der Waals surface area contributed by atoms with Crippen LogP contribution >= 0.6 is 0 Å². The number of nitrogens with zero attached hydrogens (tertiary/aromatic N) is 3. The maximum atomic E-state index is 12.6. The highest BCUT2D eigenvalue weighted by Gasteiger charge is 2.33. The summed E-state index contributed by atoms with van der Waals surface area (Å²) in [7, 11) is 1.60. The van der Waals surface area contributed by atoms with E-state index in [1.54, 1.807) is 12.0 Å². The first-order chi connectivity index (χ1) is 14.8. The van der Waals surface area contributed by atoms with E-state index in [0.29, 0.717) is 24.3 Å². The number of rotatable bonds is 8. The molecule has 1 amide bonds. The van der Waals surface area contributed by atoms with E-state index in [9.17, 15) is 18.0 Å². The standard InChI is InChI=1S/C21H23F3N4O3/c1-30-12-17-4-5-28(17)19(29)16-10-26-20(27-11-16)25-9-13-6-15(14-2-3-14)8-18(7-13)31-21(22,23)24/h6-8,10-11,14,17H,2-5,9,12H2,1H3,(H,25,26,27)/t17-/m1/s1. The van der Waals surface area contributed by atoms with Crippen molar-refractivity contribution in [2.45, 2.75) is 44.1 Å². The van der Waals surface area contributed by atoms with E-state index in [4.69, 9.17) is 4.74 Å². The van der Waals surface area contributed by atoms with Crippen molar-refractivity contribution in [3.63, 3.8) is 0 Å². The highest BCUT2D eigenvalue weighted by Crippen LogP contribution is 2.42. The van der Waals surface area contributed by atoms with Gasteiger partial charge in [-0.2, -0.15) is 0 Å². The summed E-state index contributed by atoms with van der Waals surface area (Å²) < 4.78 is 47.1. The Kier molecular flexibility index (Phi) is 5.99. The molecule has 10 heteroatoms. The van der Waals surface area contributed by atoms with E-state index in [0.717, 1.165) is 24.8 Å². The third kappa shape index (κ3) is 5.43. The number of aromatic nitrogens is 2. The molecule has 1 atom stereocenters. The quantitative estimate of drug-likeness (QED) is 0.680. The number of anilines is 1. The van der Waals surface area contributed by atoms with Gasteiger partial charge < -0.3 is 19.7 Å². The van der Waals surface area contributed by atoms with Gasteiger partial charge in [-0.25, -0.2) is 9.97 Å². The van der Waals surface area contributed by atoms with E-state index >= 15 is 0 Å². The molecule has 1 aromatic heterocycles. The Labute approximate surface area is 177 Å². The number of nitrogens with one attached hydrogen (secondary N) is 1. The van der Waals surface area contributed by atoms with Crippen molar-refractivity contribution >= 4 is 11.9 Å². The Hall–Kier alpha value is -2.88. The summed E-state index contributed by atoms with van der Waals surface area (Å²) in [6.45, 7) is 1.39. The first kappa shape index (κ1) is 21.4. The lowest BCUT2D eigenvalue weighted by Crippen LogP contribution is -2.53. The number of methoxy groups -OCH3 is 1. The van der Waals surface area contributed by atoms with Crippen LogP contribution in [0.15, 0.2) is 30.6 Å². The Balaban J connectivity index is 1.39. The van der Waals surface area contributed by atoms with Crippen molar-refractivity contribution in [2.75, 3.05) is 25.6 Å². The van der Waals surface area contributed by atoms with Crippen LogP contribution in [0.2, 0.25) is 0 Å². The van der Waals surface area contributed by atoms with Crippen molar-refractivity contribution in [3.05, 3.63) is 47.3 Å². The fourth-order valence-corrected chi connectivity index (χ4v) is 3.58. The SMILES string of the molecule is COC[C@H]1CCN1C(=O)c1cnc(NCc2cc(OC(F)(F)F)cc(C3CC3)c2)nc1. The molecule has 1 saturated heterocycles. The predicted molar refractivity (Wildman–Crippen MR) is 106 cm³/mol. The molecule has 1 aromatic carbocycles. The fourth-order valence-electron chi connectivity index (χ4n) is 3.58. The van der Waals surface area contributed by atoms with Crippen LogP contribution in [0.25, 0.3) is 0 Å². The van der Waals surface area contributed by atoms with Crippen LogP contribution in [-0.2, 0) is 11.3 Å². The largest absolute Gasteiger partial charge is 0.573 e. The Morgan fingerprint density at radius 2 is 1.94 bits per heavy atom. The second-order valence-electron chi connectivity index (χ2n) is 7.78. The number of alkyl halides is 3. The van der Waals surface area contributed by atoms with Crippen LogP contribution in [0.5, 0.6) is 5.75 Å². The van der Waals surface area contributed by atoms with Crippen molar-refractivity contribution in [1.82, 2.24) is 14.9 Å². The number of likely N-dealkylation sites (tertiary alicyclic amines) is 1. The van der Waals surface area contributed by atoms with E-state index in [-0.39, 0.29) is 36.1 Å². The predicted octanol–water partition coefficient (Wildman–Crippen LogP) is 3.73. The van der Waals surface area contributed by atoms with Gasteiger partial charge in [0.1, 0.15) is 5.75 Å². The monoisotopic (exact) mass is 436 g/mol. The van der Waals surface area contributed by atoms with Gasteiger partial charge in [-0.3, -0.25) is 4.79 Å². The van der Waals surface area contributed by atoms with E-state index in [1.807, 2.05) is 6.07 Å². The van der Waals surface area contributed by atoms with Gasteiger partial charge in [-0.15, -0.1) is 13.2 Å². The molecule has 2 aromatic rings. The van der Waals surface area contributed by atoms with Crippen LogP contribution in [0.3, 0.4) is 0 Å². The molecule has 1 saturated carbocycles. The number of hydrogen-bond donors (Lipinski definition) is 1. The van der Waals surface area contributed by atoms with Crippen molar-refractivity contribution in [2.24, 2.45) is 0 Å². The Morgan fingerprint density at radius 1 is 1.19 bits per heavy atom. The average molecular weight is 436 g/mol. The zero-order valence-electron chi connectivity index (χ0n) is 17.0. The second kappa shape index (κ2) is 8.70. The molecule has 2 aliphatic rings. The molecule has 166 valence electrons. The number of carbonyl (C=O) groups is 1. The summed E-state index contributed by atoms with van der Waals surface area (Å²) >= 11 is 0. The second-order valence-corrected chi connectivity index (χ2v) is 7.78. The van der Waals surface area contributed by atoms with Crippen LogP contribution in [0, 0.1) is 0 Å². The summed E-state index contributed by atoms with van der Waals surface area (Å²) in [5.74, 6) is 0.186. The Bertz CT molecular complexity index is 932. The van der Waals surface area contributed by atoms with Gasteiger partial charge in [0.25, 0.3) is 5.91 Å². The normalized spacial score (nSPS) is 18.5. The summed E-state index contributed by atoms with van der Waals surface area (Å²) in [6.07, 6.45) is 0.973. The zero-order valence-corrected chi connectivity index (χ0v) is 17.0. The molecule has 0 radical (unpaired) electrons. The van der Waals surface area contributed by atoms with E-state index in [1.165, 1.54) is 24.5 Å². The van der Waals surface area contributed by atoms with Crippen LogP contribution in [-0.4, -0.2) is 53.4 Å². The number of benzene rings is 1. The zero-order chi connectivity index (χ0) is 22.0. The maximum absolute atomic E-state index is 12.6. The summed E-state index contributed by atoms with van der Waals surface area (Å²) in [5, 5.41) is 2.99. The first-order valence-electron chi connectivity index (χ1n) is 10.1. The van der Waals surface area contributed by atoms with Crippen molar-refractivity contribution < 1.29 is 27.4 Å². The summed E-state index contributed by atoms with van der Waals surface area (Å²) in [6, 6.07) is 4.73. The molecule has 2 fully saturated rings. The topological polar surface area (TPSA) is 76.6 Å². The first-order valence-corrected chi connectivity index (χ1v) is 10.1. The third-order valence-electron chi connectivity index (χ3n) is 5.38. The Morgan fingerprint density at radius 3 is 2.52 bits per heavy atom. The third-order valence-corrected chi connectivity index (χ3v) is 5.38. The lowest BCUT2D eigenvalue weighted by molar-refractivity contribution is -0.274. The number of halogens is 3. The molecule has 0 unspecified atom stereocenters. The minimum absolute atomic E-state index is 0.0714. The lowest BCUT2D eigenvalue weighted by Gasteiger charge is -2.40. The highest BCUT2D eigenvalue weighted by molar-refractivity contribution is 5.94. The number of carbonyl (C=O) groups excluding carboxylic acids is 1. The molecular formula is C21H23F3N4O3. The molecule has 4 rings (SSSR count). The molecule has 1 N–H and O–H groups in total. The highest BCUT2D eigenvalue weighted by atomic mass is 19.4. The maximum Gasteiger partial charge on any atom is 0.573 e. The van der Waals surface area contributed by atoms with Crippen LogP contribution < -0.4 is 10.1 Å². The minimum atomic E-state index is -4.74. The molecule has 7 nitrogen and oxygen atoms in total. The molecule has 31 heavy (non-hydrogen) atoms. The van der Waals surface area contributed by atoms with Crippen molar-refractivity contribution in [1.29, 1.82) is 0 Å². The molecule has 0 spiro atoms. The summed E-state index contributed by atoms with van der Waals surface area (Å²) in [4.78, 5) is 22.6. The number of amides is 1. The van der Waals surface area contributed by atoms with Crippen molar-refractivity contribution in [3.8, 4) is 5.75 Å². The molecule has 1 aliphatic heterocycles. The average Bonchev–Trinajstić information content (AvgIpc) is 3.54. The molecule has 2 heterocycles. The number of hydrogen-bond acceptors (Lipinski definition) is 6. The number of ether oxygens (including phenoxy) is 2. The molecule has 1 aliphatic carbocycles. The van der Waals surface area contributed by atoms with Gasteiger partial charge in [0, 0.05) is 32.6 Å². The lowest BCUT2D eigenvalue weighted by atomic mass is 10.0. The van der Waals surface area contributed by atoms with Crippen LogP contribution in [0.1, 0.15) is 46.7 Å². The van der Waals surface area contributed by atoms with E-state index in [2.05, 4.69) is 20.0 Å². The molecular weight excluding hydrogens is 413 g/mol.